The molecule has 0 radical (unpaired) electrons. The van der Waals surface area contributed by atoms with Crippen LogP contribution < -0.4 is 5.32 Å². The third-order valence-corrected chi connectivity index (χ3v) is 5.24. The fourth-order valence-corrected chi connectivity index (χ4v) is 3.74. The molecule has 1 amide bonds. The van der Waals surface area contributed by atoms with Crippen LogP contribution in [-0.2, 0) is 18.3 Å². The van der Waals surface area contributed by atoms with E-state index in [1.807, 2.05) is 0 Å². The second-order valence-corrected chi connectivity index (χ2v) is 8.27. The third-order valence-electron chi connectivity index (χ3n) is 3.31. The molecule has 0 fully saturated rings. The van der Waals surface area contributed by atoms with Crippen LogP contribution >= 0.6 is 33.9 Å². The van der Waals surface area contributed by atoms with Crippen LogP contribution in [0.1, 0.15) is 27.2 Å². The Balaban J connectivity index is 2.43. The zero-order chi connectivity index (χ0) is 23.3. The molecule has 2 rings (SSSR count). The summed E-state index contributed by atoms with van der Waals surface area (Å²) in [5.41, 5.74) is -6.57. The number of halogens is 12. The molecule has 0 saturated carbocycles. The number of nitrogens with zero attached hydrogens (tertiary/aromatic N) is 1. The second-order valence-electron chi connectivity index (χ2n) is 5.46. The van der Waals surface area contributed by atoms with Gasteiger partial charge in [0.05, 0.1) is 14.0 Å². The maximum Gasteiger partial charge on any atom is 0.459 e. The van der Waals surface area contributed by atoms with Crippen molar-refractivity contribution in [2.45, 2.75) is 24.5 Å². The van der Waals surface area contributed by atoms with Gasteiger partial charge in [0.1, 0.15) is 5.69 Å². The predicted molar refractivity (Wildman–Crippen MR) is 89.2 cm³/mol. The van der Waals surface area contributed by atoms with Gasteiger partial charge in [0, 0.05) is 5.56 Å². The first-order valence-electron chi connectivity index (χ1n) is 7.06. The first-order valence-corrected chi connectivity index (χ1v) is 8.95. The highest BCUT2D eigenvalue weighted by atomic mass is 127. The highest BCUT2D eigenvalue weighted by Crippen LogP contribution is 2.46. The number of aromatic nitrogens is 1. The number of hydrogen-bond donors (Lipinski definition) is 1. The summed E-state index contributed by atoms with van der Waals surface area (Å²) in [5, 5.41) is 0.748. The van der Waals surface area contributed by atoms with Crippen LogP contribution in [-0.4, -0.2) is 17.1 Å². The maximum absolute atomic E-state index is 13.4. The molecule has 3 nitrogen and oxygen atoms in total. The standard InChI is InChI=1S/C14H4F11IN2OS/c15-11(16,14(23,24)25)7-8(26)30-10(27-7)28-9(29)4-1-5(12(17,18)19)3-6(2-4)13(20,21)22/h1-3H,(H,27,28,29). The maximum atomic E-state index is 13.4. The van der Waals surface area contributed by atoms with Gasteiger partial charge in [-0.15, -0.1) is 0 Å². The summed E-state index contributed by atoms with van der Waals surface area (Å²) in [6.45, 7) is 0. The van der Waals surface area contributed by atoms with Crippen molar-refractivity contribution in [3.8, 4) is 0 Å². The van der Waals surface area contributed by atoms with Crippen molar-refractivity contribution in [2.75, 3.05) is 5.32 Å². The highest BCUT2D eigenvalue weighted by Gasteiger charge is 2.61. The molecule has 1 aromatic carbocycles. The van der Waals surface area contributed by atoms with Crippen molar-refractivity contribution in [3.63, 3.8) is 0 Å². The van der Waals surface area contributed by atoms with Gasteiger partial charge in [-0.25, -0.2) is 4.98 Å². The fourth-order valence-electron chi connectivity index (χ4n) is 1.94. The molecule has 0 saturated heterocycles. The fraction of sp³-hybridized carbons (Fsp3) is 0.286. The predicted octanol–water partition coefficient (Wildman–Crippen LogP) is 6.69. The van der Waals surface area contributed by atoms with Crippen LogP contribution in [0.5, 0.6) is 0 Å². The molecule has 1 aromatic heterocycles. The number of nitrogens with one attached hydrogen (secondary N) is 1. The summed E-state index contributed by atoms with van der Waals surface area (Å²) in [7, 11) is 0. The Morgan fingerprint density at radius 1 is 0.867 bits per heavy atom. The van der Waals surface area contributed by atoms with E-state index in [0.717, 1.165) is 22.6 Å². The van der Waals surface area contributed by atoms with Crippen LogP contribution in [0, 0.1) is 2.88 Å². The number of carbonyl (C=O) groups excluding carboxylic acids is 1. The van der Waals surface area contributed by atoms with Gasteiger partial charge >= 0.3 is 24.5 Å². The quantitative estimate of drug-likeness (QED) is 0.323. The lowest BCUT2D eigenvalue weighted by molar-refractivity contribution is -0.291. The van der Waals surface area contributed by atoms with Crippen LogP contribution in [0.4, 0.5) is 53.4 Å². The van der Waals surface area contributed by atoms with E-state index in [4.69, 9.17) is 0 Å². The number of carbonyl (C=O) groups is 1. The Morgan fingerprint density at radius 2 is 1.33 bits per heavy atom. The summed E-state index contributed by atoms with van der Waals surface area (Å²) >= 11 is 1.19. The lowest BCUT2D eigenvalue weighted by Gasteiger charge is -2.17. The van der Waals surface area contributed by atoms with E-state index >= 15 is 0 Å². The van der Waals surface area contributed by atoms with Crippen LogP contribution in [0.2, 0.25) is 0 Å². The van der Waals surface area contributed by atoms with Gasteiger partial charge in [0.2, 0.25) is 0 Å². The third kappa shape index (κ3) is 5.12. The molecule has 0 aliphatic carbocycles. The normalized spacial score (nSPS) is 13.5. The minimum Gasteiger partial charge on any atom is -0.298 e. The Morgan fingerprint density at radius 3 is 1.73 bits per heavy atom. The summed E-state index contributed by atoms with van der Waals surface area (Å²) in [4.78, 5) is 15.0. The van der Waals surface area contributed by atoms with Crippen LogP contribution in [0.3, 0.4) is 0 Å². The van der Waals surface area contributed by atoms with E-state index in [2.05, 4.69) is 4.98 Å². The van der Waals surface area contributed by atoms with Crippen molar-refractivity contribution in [1.82, 2.24) is 4.98 Å². The summed E-state index contributed by atoms with van der Waals surface area (Å²) in [5.74, 6) is -7.03. The van der Waals surface area contributed by atoms with E-state index in [-0.39, 0.29) is 29.5 Å². The van der Waals surface area contributed by atoms with E-state index < -0.39 is 60.8 Å². The first kappa shape index (κ1) is 24.5. The summed E-state index contributed by atoms with van der Waals surface area (Å²) < 4.78 is 140. The Hall–Kier alpha value is -1.72. The summed E-state index contributed by atoms with van der Waals surface area (Å²) in [6.07, 6.45) is -16.5. The SMILES string of the molecule is O=C(Nc1nc(C(F)(F)C(F)(F)F)c(I)s1)c1cc(C(F)(F)F)cc(C(F)(F)F)c1. The first-order chi connectivity index (χ1) is 13.3. The Bertz CT molecular complexity index is 930. The summed E-state index contributed by atoms with van der Waals surface area (Å²) in [6, 6.07) is -0.117. The van der Waals surface area contributed by atoms with Gasteiger partial charge < -0.3 is 0 Å². The minimum atomic E-state index is -6.02. The molecule has 1 N–H and O–H groups in total. The molecular weight excluding hydrogens is 580 g/mol. The average Bonchev–Trinajstić information content (AvgIpc) is 2.92. The Kier molecular flexibility index (Phi) is 6.35. The lowest BCUT2D eigenvalue weighted by Crippen LogP contribution is -2.34. The lowest BCUT2D eigenvalue weighted by atomic mass is 10.0. The largest absolute Gasteiger partial charge is 0.459 e. The molecule has 0 aliphatic rings. The molecular formula is C14H4F11IN2OS. The van der Waals surface area contributed by atoms with Gasteiger partial charge in [0.15, 0.2) is 5.13 Å². The minimum absolute atomic E-state index is 0.0639. The van der Waals surface area contributed by atoms with Crippen molar-refractivity contribution in [3.05, 3.63) is 43.5 Å². The monoisotopic (exact) mass is 584 g/mol. The zero-order valence-electron chi connectivity index (χ0n) is 13.5. The number of benzene rings is 1. The van der Waals surface area contributed by atoms with Crippen molar-refractivity contribution < 1.29 is 53.1 Å². The van der Waals surface area contributed by atoms with Gasteiger partial charge in [-0.2, -0.15) is 48.3 Å². The Labute approximate surface area is 176 Å². The molecule has 30 heavy (non-hydrogen) atoms. The molecule has 166 valence electrons. The van der Waals surface area contributed by atoms with Gasteiger partial charge in [0.25, 0.3) is 5.91 Å². The highest BCUT2D eigenvalue weighted by molar-refractivity contribution is 14.1. The van der Waals surface area contributed by atoms with Crippen LogP contribution in [0.15, 0.2) is 18.2 Å². The van der Waals surface area contributed by atoms with Crippen LogP contribution in [0.25, 0.3) is 0 Å². The van der Waals surface area contributed by atoms with E-state index in [0.29, 0.717) is 0 Å². The number of anilines is 1. The number of alkyl halides is 11. The second kappa shape index (κ2) is 7.76. The smallest absolute Gasteiger partial charge is 0.298 e. The zero-order valence-corrected chi connectivity index (χ0v) is 16.5. The molecule has 0 spiro atoms. The average molecular weight is 584 g/mol. The molecule has 16 heteroatoms. The van der Waals surface area contributed by atoms with Gasteiger partial charge in [-0.3, -0.25) is 10.1 Å². The van der Waals surface area contributed by atoms with E-state index in [1.165, 1.54) is 0 Å². The number of thiazole rings is 1. The molecule has 0 bridgehead atoms. The van der Waals surface area contributed by atoms with E-state index in [1.54, 1.807) is 5.32 Å². The molecule has 0 unspecified atom stereocenters. The van der Waals surface area contributed by atoms with Crippen molar-refractivity contribution in [1.29, 1.82) is 0 Å². The van der Waals surface area contributed by atoms with E-state index in [9.17, 15) is 53.1 Å². The topological polar surface area (TPSA) is 42.0 Å². The molecule has 0 atom stereocenters. The number of amides is 1. The molecule has 0 aliphatic heterocycles. The van der Waals surface area contributed by atoms with Crippen molar-refractivity contribution >= 4 is 45.0 Å². The molecule has 1 heterocycles. The van der Waals surface area contributed by atoms with Gasteiger partial charge in [-0.05, 0) is 40.8 Å². The number of rotatable bonds is 3. The van der Waals surface area contributed by atoms with Gasteiger partial charge in [-0.1, -0.05) is 11.3 Å². The van der Waals surface area contributed by atoms with Crippen molar-refractivity contribution in [2.24, 2.45) is 0 Å². The number of hydrogen-bond acceptors (Lipinski definition) is 3. The molecule has 2 aromatic rings.